The van der Waals surface area contributed by atoms with Gasteiger partial charge < -0.3 is 25.2 Å². The fraction of sp³-hybridized carbons (Fsp3) is 0.345. The number of hydrogen-bond donors (Lipinski definition) is 2. The van der Waals surface area contributed by atoms with Crippen LogP contribution in [-0.4, -0.2) is 60.2 Å². The lowest BCUT2D eigenvalue weighted by Gasteiger charge is -2.43. The SMILES string of the molecule is COC(=O)c1cc(Nc2nc(Nc3cccc(F)c3)c3c(C)csc3n2)ccc1N1CCC(N2CCC2)CC1. The maximum Gasteiger partial charge on any atom is 0.340 e. The summed E-state index contributed by atoms with van der Waals surface area (Å²) in [7, 11) is 1.41. The Labute approximate surface area is 230 Å². The minimum absolute atomic E-state index is 0.328. The van der Waals surface area contributed by atoms with Crippen molar-refractivity contribution in [2.75, 3.05) is 48.8 Å². The molecule has 6 rings (SSSR count). The molecule has 0 spiro atoms. The summed E-state index contributed by atoms with van der Waals surface area (Å²) in [5.74, 6) is 0.257. The highest BCUT2D eigenvalue weighted by Crippen LogP contribution is 2.34. The summed E-state index contributed by atoms with van der Waals surface area (Å²) in [6.07, 6.45) is 3.48. The molecule has 0 bridgehead atoms. The van der Waals surface area contributed by atoms with E-state index < -0.39 is 0 Å². The van der Waals surface area contributed by atoms with Crippen molar-refractivity contribution in [2.45, 2.75) is 32.2 Å². The highest BCUT2D eigenvalue weighted by molar-refractivity contribution is 7.17. The van der Waals surface area contributed by atoms with E-state index >= 15 is 0 Å². The van der Waals surface area contributed by atoms with Crippen LogP contribution in [0.25, 0.3) is 10.2 Å². The average molecular weight is 547 g/mol. The maximum absolute atomic E-state index is 13.8. The zero-order valence-corrected chi connectivity index (χ0v) is 22.9. The van der Waals surface area contributed by atoms with Crippen LogP contribution >= 0.6 is 11.3 Å². The number of aromatic nitrogens is 2. The quantitative estimate of drug-likeness (QED) is 0.270. The van der Waals surface area contributed by atoms with Gasteiger partial charge in [-0.1, -0.05) is 6.07 Å². The van der Waals surface area contributed by atoms with E-state index in [4.69, 9.17) is 14.7 Å². The molecule has 2 fully saturated rings. The molecule has 2 aromatic heterocycles. The average Bonchev–Trinajstić information content (AvgIpc) is 3.28. The lowest BCUT2D eigenvalue weighted by molar-refractivity contribution is 0.0601. The Balaban J connectivity index is 1.27. The lowest BCUT2D eigenvalue weighted by atomic mass is 9.98. The third-order valence-corrected chi connectivity index (χ3v) is 8.57. The van der Waals surface area contributed by atoms with Gasteiger partial charge in [0.25, 0.3) is 0 Å². The first-order valence-electron chi connectivity index (χ1n) is 13.3. The molecule has 2 N–H and O–H groups in total. The molecule has 0 saturated carbocycles. The van der Waals surface area contributed by atoms with Crippen LogP contribution in [0.3, 0.4) is 0 Å². The summed E-state index contributed by atoms with van der Waals surface area (Å²) in [6.45, 7) is 6.22. The highest BCUT2D eigenvalue weighted by Gasteiger charge is 2.29. The number of ether oxygens (including phenoxy) is 1. The van der Waals surface area contributed by atoms with E-state index in [-0.39, 0.29) is 11.8 Å². The molecular formula is C29H31FN6O2S. The number of hydrogen-bond acceptors (Lipinski definition) is 9. The fourth-order valence-corrected chi connectivity index (χ4v) is 6.32. The van der Waals surface area contributed by atoms with Crippen molar-refractivity contribution in [2.24, 2.45) is 0 Å². The zero-order chi connectivity index (χ0) is 26.9. The molecule has 0 atom stereocenters. The van der Waals surface area contributed by atoms with Gasteiger partial charge in [-0.05, 0) is 86.6 Å². The third kappa shape index (κ3) is 5.26. The van der Waals surface area contributed by atoms with E-state index in [0.717, 1.165) is 47.4 Å². The monoisotopic (exact) mass is 546 g/mol. The molecule has 2 aliphatic rings. The molecule has 39 heavy (non-hydrogen) atoms. The van der Waals surface area contributed by atoms with Crippen LogP contribution in [0.4, 0.5) is 33.2 Å². The Morgan fingerprint density at radius 3 is 2.56 bits per heavy atom. The smallest absolute Gasteiger partial charge is 0.340 e. The summed E-state index contributed by atoms with van der Waals surface area (Å²) in [5, 5.41) is 9.42. The molecule has 0 amide bonds. The van der Waals surface area contributed by atoms with Gasteiger partial charge in [-0.2, -0.15) is 4.98 Å². The van der Waals surface area contributed by atoms with Crippen LogP contribution in [0.15, 0.2) is 47.8 Å². The second-order valence-corrected chi connectivity index (χ2v) is 10.9. The van der Waals surface area contributed by atoms with E-state index in [2.05, 4.69) is 20.4 Å². The Morgan fingerprint density at radius 2 is 1.85 bits per heavy atom. The van der Waals surface area contributed by atoms with E-state index in [9.17, 15) is 9.18 Å². The van der Waals surface area contributed by atoms with E-state index in [1.165, 1.54) is 50.1 Å². The van der Waals surface area contributed by atoms with Gasteiger partial charge in [0.15, 0.2) is 0 Å². The van der Waals surface area contributed by atoms with Gasteiger partial charge in [-0.3, -0.25) is 0 Å². The van der Waals surface area contributed by atoms with Crippen LogP contribution in [0.2, 0.25) is 0 Å². The number of aryl methyl sites for hydroxylation is 1. The number of anilines is 5. The van der Waals surface area contributed by atoms with Crippen molar-refractivity contribution >= 4 is 56.4 Å². The third-order valence-electron chi connectivity index (χ3n) is 7.58. The first-order valence-corrected chi connectivity index (χ1v) is 14.1. The van der Waals surface area contributed by atoms with Crippen molar-refractivity contribution in [3.05, 3.63) is 64.8 Å². The van der Waals surface area contributed by atoms with Crippen LogP contribution in [-0.2, 0) is 4.74 Å². The first kappa shape index (κ1) is 25.5. The minimum atomic E-state index is -0.378. The van der Waals surface area contributed by atoms with Gasteiger partial charge in [-0.15, -0.1) is 11.3 Å². The molecular weight excluding hydrogens is 515 g/mol. The Hall–Kier alpha value is -3.76. The van der Waals surface area contributed by atoms with Crippen molar-refractivity contribution < 1.29 is 13.9 Å². The number of esters is 1. The predicted molar refractivity (Wildman–Crippen MR) is 154 cm³/mol. The fourth-order valence-electron chi connectivity index (χ4n) is 5.40. The summed E-state index contributed by atoms with van der Waals surface area (Å²) in [4.78, 5) is 27.9. The van der Waals surface area contributed by atoms with Crippen LogP contribution in [0.1, 0.15) is 35.2 Å². The van der Waals surface area contributed by atoms with E-state index in [1.807, 2.05) is 24.4 Å². The standard InChI is InChI=1S/C29H31FN6O2S/c1-18-17-39-27-25(18)26(31-20-6-3-5-19(30)15-20)33-29(34-27)32-21-7-8-24(23(16-21)28(37)38-2)36-13-9-22(10-14-36)35-11-4-12-35/h3,5-8,15-17,22H,4,9-14H2,1-2H3,(H2,31,32,33,34). The number of carbonyl (C=O) groups excluding carboxylic acids is 1. The second-order valence-electron chi connectivity index (χ2n) is 10.1. The van der Waals surface area contributed by atoms with Crippen molar-refractivity contribution in [3.63, 3.8) is 0 Å². The van der Waals surface area contributed by atoms with Gasteiger partial charge in [0.05, 0.1) is 23.7 Å². The molecule has 2 aliphatic heterocycles. The first-order chi connectivity index (χ1) is 19.0. The van der Waals surface area contributed by atoms with E-state index in [0.29, 0.717) is 34.7 Å². The van der Waals surface area contributed by atoms with Gasteiger partial charge in [0.2, 0.25) is 5.95 Å². The van der Waals surface area contributed by atoms with Crippen molar-refractivity contribution in [3.8, 4) is 0 Å². The number of carbonyl (C=O) groups is 1. The predicted octanol–water partition coefficient (Wildman–Crippen LogP) is 6.09. The summed E-state index contributed by atoms with van der Waals surface area (Å²) in [6, 6.07) is 12.6. The number of thiophene rings is 1. The van der Waals surface area contributed by atoms with Crippen LogP contribution in [0.5, 0.6) is 0 Å². The van der Waals surface area contributed by atoms with Crippen LogP contribution in [0, 0.1) is 12.7 Å². The van der Waals surface area contributed by atoms with Gasteiger partial charge in [-0.25, -0.2) is 14.2 Å². The number of benzene rings is 2. The molecule has 202 valence electrons. The molecule has 0 unspecified atom stereocenters. The molecule has 4 heterocycles. The second kappa shape index (κ2) is 10.8. The molecule has 8 nitrogen and oxygen atoms in total. The minimum Gasteiger partial charge on any atom is -0.465 e. The normalized spacial score (nSPS) is 16.2. The summed E-state index contributed by atoms with van der Waals surface area (Å²) >= 11 is 1.52. The zero-order valence-electron chi connectivity index (χ0n) is 22.0. The lowest BCUT2D eigenvalue weighted by Crippen LogP contribution is -2.50. The largest absolute Gasteiger partial charge is 0.465 e. The number of rotatable bonds is 7. The molecule has 0 radical (unpaired) electrons. The Morgan fingerprint density at radius 1 is 1.05 bits per heavy atom. The van der Waals surface area contributed by atoms with Crippen molar-refractivity contribution in [1.82, 2.24) is 14.9 Å². The number of nitrogens with one attached hydrogen (secondary N) is 2. The number of halogens is 1. The van der Waals surface area contributed by atoms with Crippen molar-refractivity contribution in [1.29, 1.82) is 0 Å². The number of piperidine rings is 1. The molecule has 4 aromatic rings. The number of nitrogens with zero attached hydrogens (tertiary/aromatic N) is 4. The molecule has 2 saturated heterocycles. The Bertz CT molecular complexity index is 1510. The summed E-state index contributed by atoms with van der Waals surface area (Å²) in [5.41, 5.74) is 3.71. The van der Waals surface area contributed by atoms with Crippen LogP contribution < -0.4 is 15.5 Å². The van der Waals surface area contributed by atoms with Gasteiger partial charge >= 0.3 is 5.97 Å². The number of methoxy groups -OCH3 is 1. The topological polar surface area (TPSA) is 82.6 Å². The molecule has 10 heteroatoms. The van der Waals surface area contributed by atoms with Gasteiger partial charge in [0, 0.05) is 30.5 Å². The number of fused-ring (bicyclic) bond motifs is 1. The molecule has 2 aromatic carbocycles. The maximum atomic E-state index is 13.8. The molecule has 0 aliphatic carbocycles. The van der Waals surface area contributed by atoms with E-state index in [1.54, 1.807) is 18.2 Å². The highest BCUT2D eigenvalue weighted by atomic mass is 32.1. The summed E-state index contributed by atoms with van der Waals surface area (Å²) < 4.78 is 19.0. The number of likely N-dealkylation sites (tertiary alicyclic amines) is 1. The van der Waals surface area contributed by atoms with Gasteiger partial charge in [0.1, 0.15) is 16.5 Å². The Kier molecular flexibility index (Phi) is 7.05.